The normalized spacial score (nSPS) is 14.1. The van der Waals surface area contributed by atoms with Gasteiger partial charge in [0.1, 0.15) is 0 Å². The van der Waals surface area contributed by atoms with E-state index >= 15 is 0 Å². The molecule has 0 fully saturated rings. The van der Waals surface area contributed by atoms with Crippen LogP contribution in [0.15, 0.2) is 47.2 Å². The van der Waals surface area contributed by atoms with Gasteiger partial charge >= 0.3 is 0 Å². The molecule has 2 N–H and O–H groups in total. The lowest BCUT2D eigenvalue weighted by Gasteiger charge is -2.17. The van der Waals surface area contributed by atoms with Crippen LogP contribution in [0.5, 0.6) is 0 Å². The standard InChI is InChI=1S/C16H21NO2S/c1-13(15-5-3-2-4-6-15)19-11-16(18)10-17-9-14-7-8-20-12-14/h2-8,12-13,16-18H,9-11H2,1H3. The summed E-state index contributed by atoms with van der Waals surface area (Å²) in [5, 5.41) is 17.3. The Labute approximate surface area is 124 Å². The number of aliphatic hydroxyl groups excluding tert-OH is 1. The van der Waals surface area contributed by atoms with E-state index in [1.165, 1.54) is 5.56 Å². The minimum atomic E-state index is -0.486. The van der Waals surface area contributed by atoms with Gasteiger partial charge in [0.15, 0.2) is 0 Å². The average molecular weight is 291 g/mol. The van der Waals surface area contributed by atoms with Crippen LogP contribution in [-0.2, 0) is 11.3 Å². The van der Waals surface area contributed by atoms with Crippen molar-refractivity contribution in [1.82, 2.24) is 5.32 Å². The number of rotatable bonds is 8. The van der Waals surface area contributed by atoms with Gasteiger partial charge in [0.05, 0.1) is 18.8 Å². The van der Waals surface area contributed by atoms with Crippen LogP contribution in [-0.4, -0.2) is 24.4 Å². The topological polar surface area (TPSA) is 41.5 Å². The minimum Gasteiger partial charge on any atom is -0.389 e. The Balaban J connectivity index is 1.63. The predicted molar refractivity (Wildman–Crippen MR) is 82.8 cm³/mol. The maximum Gasteiger partial charge on any atom is 0.0898 e. The number of hydrogen-bond acceptors (Lipinski definition) is 4. The van der Waals surface area contributed by atoms with Crippen molar-refractivity contribution in [3.8, 4) is 0 Å². The highest BCUT2D eigenvalue weighted by molar-refractivity contribution is 7.07. The predicted octanol–water partition coefficient (Wildman–Crippen LogP) is 2.98. The molecule has 0 amide bonds. The molecule has 4 heteroatoms. The van der Waals surface area contributed by atoms with Crippen molar-refractivity contribution in [1.29, 1.82) is 0 Å². The molecule has 2 unspecified atom stereocenters. The number of benzene rings is 1. The summed E-state index contributed by atoms with van der Waals surface area (Å²) in [7, 11) is 0. The van der Waals surface area contributed by atoms with Crippen LogP contribution in [0.2, 0.25) is 0 Å². The van der Waals surface area contributed by atoms with Crippen LogP contribution in [0.3, 0.4) is 0 Å². The Morgan fingerprint density at radius 3 is 2.75 bits per heavy atom. The Morgan fingerprint density at radius 2 is 2.05 bits per heavy atom. The smallest absolute Gasteiger partial charge is 0.0898 e. The summed E-state index contributed by atoms with van der Waals surface area (Å²) in [6.07, 6.45) is -0.484. The summed E-state index contributed by atoms with van der Waals surface area (Å²) in [5.41, 5.74) is 2.38. The van der Waals surface area contributed by atoms with Gasteiger partial charge in [-0.2, -0.15) is 11.3 Å². The monoisotopic (exact) mass is 291 g/mol. The van der Waals surface area contributed by atoms with Crippen LogP contribution in [0, 0.1) is 0 Å². The summed E-state index contributed by atoms with van der Waals surface area (Å²) < 4.78 is 5.69. The van der Waals surface area contributed by atoms with E-state index in [9.17, 15) is 5.11 Å². The van der Waals surface area contributed by atoms with Crippen molar-refractivity contribution in [2.24, 2.45) is 0 Å². The largest absolute Gasteiger partial charge is 0.389 e. The molecule has 0 saturated heterocycles. The highest BCUT2D eigenvalue weighted by Crippen LogP contribution is 2.15. The Hall–Kier alpha value is -1.20. The first-order valence-corrected chi connectivity index (χ1v) is 7.76. The summed E-state index contributed by atoms with van der Waals surface area (Å²) in [6, 6.07) is 12.1. The molecule has 0 aliphatic rings. The van der Waals surface area contributed by atoms with Gasteiger partial charge in [-0.3, -0.25) is 0 Å². The molecule has 0 radical (unpaired) electrons. The van der Waals surface area contributed by atoms with E-state index in [4.69, 9.17) is 4.74 Å². The molecule has 0 bridgehead atoms. The number of nitrogens with one attached hydrogen (secondary N) is 1. The molecule has 2 aromatic rings. The zero-order chi connectivity index (χ0) is 14.2. The van der Waals surface area contributed by atoms with Crippen molar-refractivity contribution in [2.75, 3.05) is 13.2 Å². The molecule has 0 saturated carbocycles. The zero-order valence-electron chi connectivity index (χ0n) is 11.7. The maximum absolute atomic E-state index is 9.89. The van der Waals surface area contributed by atoms with Crippen LogP contribution in [0.25, 0.3) is 0 Å². The summed E-state index contributed by atoms with van der Waals surface area (Å²) in [5.74, 6) is 0. The van der Waals surface area contributed by atoms with E-state index in [1.807, 2.05) is 37.3 Å². The van der Waals surface area contributed by atoms with Crippen molar-refractivity contribution in [3.05, 3.63) is 58.3 Å². The zero-order valence-corrected chi connectivity index (χ0v) is 12.5. The van der Waals surface area contributed by atoms with Gasteiger partial charge < -0.3 is 15.2 Å². The molecule has 0 aliphatic heterocycles. The molecule has 2 rings (SSSR count). The van der Waals surface area contributed by atoms with Gasteiger partial charge in [-0.05, 0) is 34.9 Å². The van der Waals surface area contributed by atoms with Crippen LogP contribution < -0.4 is 5.32 Å². The second kappa shape index (κ2) is 8.17. The molecular weight excluding hydrogens is 270 g/mol. The van der Waals surface area contributed by atoms with Crippen LogP contribution >= 0.6 is 11.3 Å². The first kappa shape index (κ1) is 15.2. The summed E-state index contributed by atoms with van der Waals surface area (Å²) in [4.78, 5) is 0. The first-order chi connectivity index (χ1) is 9.75. The van der Waals surface area contributed by atoms with Crippen molar-refractivity contribution >= 4 is 11.3 Å². The highest BCUT2D eigenvalue weighted by Gasteiger charge is 2.09. The lowest BCUT2D eigenvalue weighted by molar-refractivity contribution is -0.00211. The third-order valence-electron chi connectivity index (χ3n) is 3.10. The molecule has 1 aromatic carbocycles. The Bertz CT molecular complexity index is 472. The number of hydrogen-bond donors (Lipinski definition) is 2. The van der Waals surface area contributed by atoms with Gasteiger partial charge in [0.25, 0.3) is 0 Å². The number of ether oxygens (including phenoxy) is 1. The maximum atomic E-state index is 9.89. The van der Waals surface area contributed by atoms with Gasteiger partial charge in [-0.15, -0.1) is 0 Å². The van der Waals surface area contributed by atoms with Crippen molar-refractivity contribution < 1.29 is 9.84 Å². The van der Waals surface area contributed by atoms with Gasteiger partial charge in [-0.25, -0.2) is 0 Å². The second-order valence-corrected chi connectivity index (χ2v) is 5.58. The van der Waals surface area contributed by atoms with Gasteiger partial charge in [0.2, 0.25) is 0 Å². The van der Waals surface area contributed by atoms with E-state index in [1.54, 1.807) is 11.3 Å². The molecule has 108 valence electrons. The fourth-order valence-corrected chi connectivity index (χ4v) is 2.58. The molecule has 0 aliphatic carbocycles. The lowest BCUT2D eigenvalue weighted by atomic mass is 10.1. The fourth-order valence-electron chi connectivity index (χ4n) is 1.91. The third kappa shape index (κ3) is 5.06. The molecule has 0 spiro atoms. The second-order valence-electron chi connectivity index (χ2n) is 4.80. The summed E-state index contributed by atoms with van der Waals surface area (Å²) >= 11 is 1.68. The quantitative estimate of drug-likeness (QED) is 0.785. The fraction of sp³-hybridized carbons (Fsp3) is 0.375. The summed E-state index contributed by atoms with van der Waals surface area (Å²) in [6.45, 7) is 3.67. The first-order valence-electron chi connectivity index (χ1n) is 6.82. The van der Waals surface area contributed by atoms with Crippen LogP contribution in [0.4, 0.5) is 0 Å². The molecule has 3 nitrogen and oxygen atoms in total. The average Bonchev–Trinajstić information content (AvgIpc) is 2.99. The molecular formula is C16H21NO2S. The Kier molecular flexibility index (Phi) is 6.21. The van der Waals surface area contributed by atoms with E-state index in [0.29, 0.717) is 13.2 Å². The minimum absolute atomic E-state index is 0.00252. The molecule has 1 aromatic heterocycles. The van der Waals surface area contributed by atoms with E-state index in [0.717, 1.165) is 12.1 Å². The van der Waals surface area contributed by atoms with Crippen molar-refractivity contribution in [2.45, 2.75) is 25.7 Å². The third-order valence-corrected chi connectivity index (χ3v) is 3.83. The number of thiophene rings is 1. The Morgan fingerprint density at radius 1 is 1.25 bits per heavy atom. The molecule has 1 heterocycles. The number of aliphatic hydroxyl groups is 1. The van der Waals surface area contributed by atoms with E-state index in [-0.39, 0.29) is 6.10 Å². The lowest BCUT2D eigenvalue weighted by Crippen LogP contribution is -2.30. The van der Waals surface area contributed by atoms with E-state index < -0.39 is 6.10 Å². The van der Waals surface area contributed by atoms with Crippen molar-refractivity contribution in [3.63, 3.8) is 0 Å². The highest BCUT2D eigenvalue weighted by atomic mass is 32.1. The van der Waals surface area contributed by atoms with Gasteiger partial charge in [0, 0.05) is 13.1 Å². The van der Waals surface area contributed by atoms with Gasteiger partial charge in [-0.1, -0.05) is 30.3 Å². The van der Waals surface area contributed by atoms with Crippen LogP contribution in [0.1, 0.15) is 24.2 Å². The molecule has 2 atom stereocenters. The molecule has 20 heavy (non-hydrogen) atoms. The van der Waals surface area contributed by atoms with E-state index in [2.05, 4.69) is 22.1 Å². The SMILES string of the molecule is CC(OCC(O)CNCc1ccsc1)c1ccccc1.